The number of aryl methyl sites for hydroxylation is 1. The summed E-state index contributed by atoms with van der Waals surface area (Å²) < 4.78 is 7.19. The Hall–Kier alpha value is -1.88. The number of imidazole rings is 1. The molecule has 0 aliphatic heterocycles. The molecule has 0 spiro atoms. The molecule has 0 bridgehead atoms. The molecule has 20 heavy (non-hydrogen) atoms. The number of ether oxygens (including phenoxy) is 1. The topological polar surface area (TPSA) is 64.4 Å². The average molecular weight is 276 g/mol. The smallest absolute Gasteiger partial charge is 0.335 e. The number of aromatic carboxylic acids is 1. The van der Waals surface area contributed by atoms with Gasteiger partial charge in [0.15, 0.2) is 0 Å². The summed E-state index contributed by atoms with van der Waals surface area (Å²) in [7, 11) is 1.68. The van der Waals surface area contributed by atoms with Gasteiger partial charge >= 0.3 is 5.97 Å². The molecule has 5 nitrogen and oxygen atoms in total. The molecule has 0 radical (unpaired) electrons. The van der Waals surface area contributed by atoms with Crippen LogP contribution in [0.3, 0.4) is 0 Å². The fraction of sp³-hybridized carbons (Fsp3) is 0.467. The number of carbonyl (C=O) groups is 1. The zero-order valence-electron chi connectivity index (χ0n) is 12.1. The SMILES string of the molecule is COCCCn1c(C(C)C)nc2ccc(C(=O)O)cc21. The van der Waals surface area contributed by atoms with Crippen molar-refractivity contribution in [1.29, 1.82) is 0 Å². The van der Waals surface area contributed by atoms with Gasteiger partial charge in [0.1, 0.15) is 5.82 Å². The predicted octanol–water partition coefficient (Wildman–Crippen LogP) is 2.89. The molecule has 1 heterocycles. The minimum atomic E-state index is -0.914. The number of carboxylic acids is 1. The van der Waals surface area contributed by atoms with Crippen LogP contribution in [-0.2, 0) is 11.3 Å². The van der Waals surface area contributed by atoms with Crippen LogP contribution in [0.15, 0.2) is 18.2 Å². The second-order valence-corrected chi connectivity index (χ2v) is 5.13. The van der Waals surface area contributed by atoms with Gasteiger partial charge < -0.3 is 14.4 Å². The van der Waals surface area contributed by atoms with Gasteiger partial charge in [-0.2, -0.15) is 0 Å². The van der Waals surface area contributed by atoms with E-state index < -0.39 is 5.97 Å². The highest BCUT2D eigenvalue weighted by molar-refractivity contribution is 5.92. The zero-order valence-corrected chi connectivity index (χ0v) is 12.1. The summed E-state index contributed by atoms with van der Waals surface area (Å²) in [6.45, 7) is 5.63. The van der Waals surface area contributed by atoms with Gasteiger partial charge in [0, 0.05) is 26.2 Å². The Balaban J connectivity index is 2.49. The van der Waals surface area contributed by atoms with Crippen LogP contribution in [0.5, 0.6) is 0 Å². The third-order valence-electron chi connectivity index (χ3n) is 3.27. The van der Waals surface area contributed by atoms with Crippen LogP contribution in [-0.4, -0.2) is 34.3 Å². The van der Waals surface area contributed by atoms with Crippen molar-refractivity contribution >= 4 is 17.0 Å². The Morgan fingerprint density at radius 1 is 1.45 bits per heavy atom. The van der Waals surface area contributed by atoms with Crippen molar-refractivity contribution < 1.29 is 14.6 Å². The molecule has 1 aromatic carbocycles. The third-order valence-corrected chi connectivity index (χ3v) is 3.27. The van der Waals surface area contributed by atoms with E-state index in [2.05, 4.69) is 23.4 Å². The first-order valence-electron chi connectivity index (χ1n) is 6.77. The molecule has 0 aliphatic rings. The Morgan fingerprint density at radius 2 is 2.20 bits per heavy atom. The largest absolute Gasteiger partial charge is 0.478 e. The van der Waals surface area contributed by atoms with E-state index in [1.54, 1.807) is 25.3 Å². The number of aromatic nitrogens is 2. The van der Waals surface area contributed by atoms with Crippen molar-refractivity contribution in [1.82, 2.24) is 9.55 Å². The van der Waals surface area contributed by atoms with E-state index in [0.29, 0.717) is 18.1 Å². The predicted molar refractivity (Wildman–Crippen MR) is 77.3 cm³/mol. The van der Waals surface area contributed by atoms with Gasteiger partial charge in [-0.05, 0) is 24.6 Å². The van der Waals surface area contributed by atoms with E-state index in [1.165, 1.54) is 0 Å². The summed E-state index contributed by atoms with van der Waals surface area (Å²) >= 11 is 0. The van der Waals surface area contributed by atoms with E-state index in [0.717, 1.165) is 29.8 Å². The number of carboxylic acid groups (broad SMARTS) is 1. The maximum absolute atomic E-state index is 11.1. The highest BCUT2D eigenvalue weighted by atomic mass is 16.5. The lowest BCUT2D eigenvalue weighted by Crippen LogP contribution is -2.07. The molecule has 2 rings (SSSR count). The summed E-state index contributed by atoms with van der Waals surface area (Å²) in [5, 5.41) is 9.12. The number of hydrogen-bond acceptors (Lipinski definition) is 3. The molecule has 0 amide bonds. The van der Waals surface area contributed by atoms with E-state index in [-0.39, 0.29) is 0 Å². The van der Waals surface area contributed by atoms with E-state index in [4.69, 9.17) is 9.84 Å². The van der Waals surface area contributed by atoms with Gasteiger partial charge in [-0.25, -0.2) is 9.78 Å². The quantitative estimate of drug-likeness (QED) is 0.824. The molecular formula is C15H20N2O3. The van der Waals surface area contributed by atoms with Crippen molar-refractivity contribution in [3.8, 4) is 0 Å². The standard InChI is InChI=1S/C15H20N2O3/c1-10(2)14-16-12-6-5-11(15(18)19)9-13(12)17(14)7-4-8-20-3/h5-6,9-10H,4,7-8H2,1-3H3,(H,18,19). The minimum absolute atomic E-state index is 0.290. The molecule has 0 aliphatic carbocycles. The maximum Gasteiger partial charge on any atom is 0.335 e. The Bertz CT molecular complexity index is 617. The van der Waals surface area contributed by atoms with Crippen molar-refractivity contribution in [2.75, 3.05) is 13.7 Å². The zero-order chi connectivity index (χ0) is 14.7. The summed E-state index contributed by atoms with van der Waals surface area (Å²) in [6.07, 6.45) is 0.874. The monoisotopic (exact) mass is 276 g/mol. The lowest BCUT2D eigenvalue weighted by molar-refractivity contribution is 0.0697. The van der Waals surface area contributed by atoms with Gasteiger partial charge in [-0.1, -0.05) is 13.8 Å². The van der Waals surface area contributed by atoms with Crippen LogP contribution in [0, 0.1) is 0 Å². The first kappa shape index (κ1) is 14.5. The molecule has 1 aromatic heterocycles. The highest BCUT2D eigenvalue weighted by Crippen LogP contribution is 2.23. The second kappa shape index (κ2) is 6.05. The molecule has 5 heteroatoms. The van der Waals surface area contributed by atoms with Crippen LogP contribution in [0.25, 0.3) is 11.0 Å². The second-order valence-electron chi connectivity index (χ2n) is 5.13. The molecule has 2 aromatic rings. The average Bonchev–Trinajstić information content (AvgIpc) is 2.77. The molecule has 0 unspecified atom stereocenters. The van der Waals surface area contributed by atoms with Gasteiger partial charge in [0.05, 0.1) is 16.6 Å². The van der Waals surface area contributed by atoms with Crippen LogP contribution in [0.4, 0.5) is 0 Å². The number of hydrogen-bond donors (Lipinski definition) is 1. The van der Waals surface area contributed by atoms with Gasteiger partial charge in [-0.3, -0.25) is 0 Å². The lowest BCUT2D eigenvalue weighted by Gasteiger charge is -2.11. The Labute approximate surface area is 118 Å². The fourth-order valence-electron chi connectivity index (χ4n) is 2.32. The van der Waals surface area contributed by atoms with Crippen LogP contribution in [0.2, 0.25) is 0 Å². The van der Waals surface area contributed by atoms with Crippen LogP contribution in [0.1, 0.15) is 42.4 Å². The number of nitrogens with zero attached hydrogens (tertiary/aromatic N) is 2. The lowest BCUT2D eigenvalue weighted by atomic mass is 10.2. The minimum Gasteiger partial charge on any atom is -0.478 e. The summed E-state index contributed by atoms with van der Waals surface area (Å²) in [5.74, 6) is 0.361. The molecule has 0 saturated heterocycles. The summed E-state index contributed by atoms with van der Waals surface area (Å²) in [6, 6.07) is 5.07. The number of benzene rings is 1. The summed E-state index contributed by atoms with van der Waals surface area (Å²) in [5.41, 5.74) is 2.02. The number of rotatable bonds is 6. The fourth-order valence-corrected chi connectivity index (χ4v) is 2.32. The Kier molecular flexibility index (Phi) is 4.39. The van der Waals surface area contributed by atoms with E-state index >= 15 is 0 Å². The molecule has 0 atom stereocenters. The van der Waals surface area contributed by atoms with Gasteiger partial charge in [0.2, 0.25) is 0 Å². The van der Waals surface area contributed by atoms with E-state index in [1.807, 2.05) is 0 Å². The molecule has 1 N–H and O–H groups in total. The van der Waals surface area contributed by atoms with Gasteiger partial charge in [-0.15, -0.1) is 0 Å². The molecular weight excluding hydrogens is 256 g/mol. The molecule has 108 valence electrons. The maximum atomic E-state index is 11.1. The number of fused-ring (bicyclic) bond motifs is 1. The van der Waals surface area contributed by atoms with Crippen molar-refractivity contribution in [2.24, 2.45) is 0 Å². The van der Waals surface area contributed by atoms with Crippen LogP contribution >= 0.6 is 0 Å². The van der Waals surface area contributed by atoms with Crippen molar-refractivity contribution in [2.45, 2.75) is 32.7 Å². The van der Waals surface area contributed by atoms with Crippen molar-refractivity contribution in [3.05, 3.63) is 29.6 Å². The third kappa shape index (κ3) is 2.82. The summed E-state index contributed by atoms with van der Waals surface area (Å²) in [4.78, 5) is 15.7. The first-order chi connectivity index (χ1) is 9.54. The molecule has 0 fully saturated rings. The van der Waals surface area contributed by atoms with E-state index in [9.17, 15) is 4.79 Å². The Morgan fingerprint density at radius 3 is 2.80 bits per heavy atom. The first-order valence-corrected chi connectivity index (χ1v) is 6.77. The highest BCUT2D eigenvalue weighted by Gasteiger charge is 2.15. The normalized spacial score (nSPS) is 11.4. The number of methoxy groups -OCH3 is 1. The van der Waals surface area contributed by atoms with Crippen LogP contribution < -0.4 is 0 Å². The molecule has 0 saturated carbocycles. The van der Waals surface area contributed by atoms with Gasteiger partial charge in [0.25, 0.3) is 0 Å². The van der Waals surface area contributed by atoms with Crippen molar-refractivity contribution in [3.63, 3.8) is 0 Å².